The van der Waals surface area contributed by atoms with Crippen LogP contribution in [0.4, 0.5) is 10.6 Å². The predicted molar refractivity (Wildman–Crippen MR) is 85.6 cm³/mol. The predicted octanol–water partition coefficient (Wildman–Crippen LogP) is 1.92. The zero-order valence-corrected chi connectivity index (χ0v) is 14.0. The summed E-state index contributed by atoms with van der Waals surface area (Å²) >= 11 is 0. The molecule has 2 aromatic heterocycles. The van der Waals surface area contributed by atoms with E-state index in [4.69, 9.17) is 9.26 Å². The Labute approximate surface area is 139 Å². The van der Waals surface area contributed by atoms with E-state index in [9.17, 15) is 4.79 Å². The number of aromatic amines is 1. The molecule has 1 saturated carbocycles. The van der Waals surface area contributed by atoms with Gasteiger partial charge in [-0.1, -0.05) is 19.0 Å². The summed E-state index contributed by atoms with van der Waals surface area (Å²) in [5.74, 6) is 2.93. The average molecular weight is 334 g/mol. The lowest BCUT2D eigenvalue weighted by molar-refractivity contribution is 0.129. The zero-order valence-electron chi connectivity index (χ0n) is 14.0. The van der Waals surface area contributed by atoms with E-state index in [1.165, 1.54) is 0 Å². The van der Waals surface area contributed by atoms with Gasteiger partial charge in [-0.25, -0.2) is 9.78 Å². The monoisotopic (exact) mass is 334 g/mol. The van der Waals surface area contributed by atoms with Crippen LogP contribution in [0.25, 0.3) is 0 Å². The third-order valence-corrected chi connectivity index (χ3v) is 3.83. The highest BCUT2D eigenvalue weighted by Gasteiger charge is 2.28. The first-order valence-corrected chi connectivity index (χ1v) is 7.90. The zero-order chi connectivity index (χ0) is 17.2. The Balaban J connectivity index is 1.50. The van der Waals surface area contributed by atoms with E-state index in [1.54, 1.807) is 13.2 Å². The average Bonchev–Trinajstić information content (AvgIpc) is 3.08. The normalized spacial score (nSPS) is 14.6. The number of ether oxygens (including phenoxy) is 1. The number of H-pyrrole nitrogens is 1. The van der Waals surface area contributed by atoms with E-state index in [2.05, 4.69) is 31.0 Å². The van der Waals surface area contributed by atoms with Crippen LogP contribution in [-0.4, -0.2) is 40.1 Å². The summed E-state index contributed by atoms with van der Waals surface area (Å²) in [5.41, 5.74) is -0.322. The van der Waals surface area contributed by atoms with Gasteiger partial charge in [0.2, 0.25) is 0 Å². The molecule has 2 amide bonds. The van der Waals surface area contributed by atoms with Crippen molar-refractivity contribution in [2.75, 3.05) is 19.0 Å². The fourth-order valence-corrected chi connectivity index (χ4v) is 2.32. The number of hydrogen-bond acceptors (Lipinski definition) is 6. The first kappa shape index (κ1) is 16.4. The molecule has 1 aliphatic carbocycles. The molecule has 0 aliphatic heterocycles. The molecule has 2 aromatic rings. The number of amides is 2. The number of nitrogens with one attached hydrogen (secondary N) is 3. The summed E-state index contributed by atoms with van der Waals surface area (Å²) in [4.78, 5) is 16.3. The van der Waals surface area contributed by atoms with Crippen LogP contribution in [-0.2, 0) is 16.7 Å². The van der Waals surface area contributed by atoms with Crippen molar-refractivity contribution >= 4 is 11.8 Å². The maximum atomic E-state index is 11.9. The lowest BCUT2D eigenvalue weighted by Gasteiger charge is -2.19. The second kappa shape index (κ2) is 6.60. The molecule has 1 aliphatic rings. The molecular formula is C15H22N6O3. The Bertz CT molecular complexity index is 704. The number of rotatable bonds is 7. The fourth-order valence-electron chi connectivity index (χ4n) is 2.32. The molecule has 0 spiro atoms. The smallest absolute Gasteiger partial charge is 0.320 e. The maximum absolute atomic E-state index is 11.9. The van der Waals surface area contributed by atoms with Gasteiger partial charge in [-0.15, -0.1) is 0 Å². The third-order valence-electron chi connectivity index (χ3n) is 3.83. The van der Waals surface area contributed by atoms with Crippen molar-refractivity contribution in [1.29, 1.82) is 0 Å². The van der Waals surface area contributed by atoms with Gasteiger partial charge in [0.05, 0.1) is 13.2 Å². The standard InChI is InChI=1S/C15H22N6O3/c1-15(2,8-23-3)10-6-11(21-24-10)18-14(22)16-7-12-17-13(20-19-12)9-4-5-9/h6,9H,4-5,7-8H2,1-3H3,(H,17,19,20)(H2,16,18,21,22). The summed E-state index contributed by atoms with van der Waals surface area (Å²) in [6.45, 7) is 4.71. The molecule has 24 heavy (non-hydrogen) atoms. The van der Waals surface area contributed by atoms with Crippen LogP contribution in [0.1, 0.15) is 50.0 Å². The maximum Gasteiger partial charge on any atom is 0.320 e. The number of urea groups is 1. The van der Waals surface area contributed by atoms with Crippen LogP contribution in [0.2, 0.25) is 0 Å². The largest absolute Gasteiger partial charge is 0.384 e. The van der Waals surface area contributed by atoms with E-state index in [0.717, 1.165) is 18.7 Å². The molecule has 0 saturated heterocycles. The van der Waals surface area contributed by atoms with Crippen molar-refractivity contribution in [3.63, 3.8) is 0 Å². The molecule has 2 heterocycles. The Kier molecular flexibility index (Phi) is 4.52. The molecule has 0 bridgehead atoms. The lowest BCUT2D eigenvalue weighted by atomic mass is 9.91. The van der Waals surface area contributed by atoms with E-state index in [1.807, 2.05) is 13.8 Å². The summed E-state index contributed by atoms with van der Waals surface area (Å²) in [6.07, 6.45) is 2.28. The SMILES string of the molecule is COCC(C)(C)c1cc(NC(=O)NCc2nc(C3CC3)n[nH]2)no1. The number of carbonyl (C=O) groups is 1. The number of hydrogen-bond donors (Lipinski definition) is 3. The Hall–Kier alpha value is -2.42. The molecule has 9 heteroatoms. The number of nitrogens with zero attached hydrogens (tertiary/aromatic N) is 3. The fraction of sp³-hybridized carbons (Fsp3) is 0.600. The molecule has 0 radical (unpaired) electrons. The summed E-state index contributed by atoms with van der Waals surface area (Å²) in [6, 6.07) is 1.31. The first-order chi connectivity index (χ1) is 11.5. The molecule has 0 atom stereocenters. The van der Waals surface area contributed by atoms with Crippen molar-refractivity contribution < 1.29 is 14.1 Å². The number of carbonyl (C=O) groups excluding carboxylic acids is 1. The van der Waals surface area contributed by atoms with Gasteiger partial charge in [-0.3, -0.25) is 10.4 Å². The van der Waals surface area contributed by atoms with Crippen molar-refractivity contribution in [2.45, 2.75) is 44.6 Å². The van der Waals surface area contributed by atoms with Gasteiger partial charge < -0.3 is 14.6 Å². The highest BCUT2D eigenvalue weighted by Crippen LogP contribution is 2.37. The van der Waals surface area contributed by atoms with Crippen LogP contribution in [0.5, 0.6) is 0 Å². The topological polar surface area (TPSA) is 118 Å². The molecule has 130 valence electrons. The van der Waals surface area contributed by atoms with Crippen LogP contribution in [0, 0.1) is 0 Å². The Morgan fingerprint density at radius 2 is 2.29 bits per heavy atom. The van der Waals surface area contributed by atoms with Gasteiger partial charge in [0, 0.05) is 24.5 Å². The summed E-state index contributed by atoms with van der Waals surface area (Å²) < 4.78 is 10.4. The molecule has 3 rings (SSSR count). The van der Waals surface area contributed by atoms with Gasteiger partial charge in [0.1, 0.15) is 11.6 Å². The van der Waals surface area contributed by atoms with Crippen LogP contribution in [0.3, 0.4) is 0 Å². The molecule has 0 unspecified atom stereocenters. The number of methoxy groups -OCH3 is 1. The Morgan fingerprint density at radius 3 is 3.00 bits per heavy atom. The Morgan fingerprint density at radius 1 is 1.50 bits per heavy atom. The minimum Gasteiger partial charge on any atom is -0.384 e. The van der Waals surface area contributed by atoms with E-state index < -0.39 is 0 Å². The van der Waals surface area contributed by atoms with Crippen LogP contribution < -0.4 is 10.6 Å². The van der Waals surface area contributed by atoms with Gasteiger partial charge in [0.15, 0.2) is 11.6 Å². The lowest BCUT2D eigenvalue weighted by Crippen LogP contribution is -2.28. The minimum absolute atomic E-state index is 0.269. The molecule has 0 aromatic carbocycles. The highest BCUT2D eigenvalue weighted by atomic mass is 16.5. The summed E-state index contributed by atoms with van der Waals surface area (Å²) in [7, 11) is 1.63. The quantitative estimate of drug-likeness (QED) is 0.712. The molecule has 3 N–H and O–H groups in total. The minimum atomic E-state index is -0.385. The van der Waals surface area contributed by atoms with Crippen LogP contribution >= 0.6 is 0 Å². The van der Waals surface area contributed by atoms with Crippen molar-refractivity contribution in [3.05, 3.63) is 23.5 Å². The molecular weight excluding hydrogens is 312 g/mol. The van der Waals surface area contributed by atoms with Crippen molar-refractivity contribution in [2.24, 2.45) is 0 Å². The van der Waals surface area contributed by atoms with Crippen LogP contribution in [0.15, 0.2) is 10.6 Å². The van der Waals surface area contributed by atoms with Crippen molar-refractivity contribution in [3.8, 4) is 0 Å². The van der Waals surface area contributed by atoms with E-state index in [-0.39, 0.29) is 18.0 Å². The van der Waals surface area contributed by atoms with Gasteiger partial charge in [-0.05, 0) is 12.8 Å². The van der Waals surface area contributed by atoms with Gasteiger partial charge >= 0.3 is 6.03 Å². The second-order valence-corrected chi connectivity index (χ2v) is 6.62. The number of aromatic nitrogens is 4. The molecule has 9 nitrogen and oxygen atoms in total. The third kappa shape index (κ3) is 3.91. The first-order valence-electron chi connectivity index (χ1n) is 7.90. The van der Waals surface area contributed by atoms with E-state index in [0.29, 0.717) is 29.9 Å². The van der Waals surface area contributed by atoms with Gasteiger partial charge in [-0.2, -0.15) is 5.10 Å². The van der Waals surface area contributed by atoms with Gasteiger partial charge in [0.25, 0.3) is 0 Å². The second-order valence-electron chi connectivity index (χ2n) is 6.62. The number of anilines is 1. The molecule has 1 fully saturated rings. The van der Waals surface area contributed by atoms with Crippen molar-refractivity contribution in [1.82, 2.24) is 25.7 Å². The van der Waals surface area contributed by atoms with E-state index >= 15 is 0 Å². The highest BCUT2D eigenvalue weighted by molar-refractivity contribution is 5.88. The summed E-state index contributed by atoms with van der Waals surface area (Å²) in [5, 5.41) is 16.2.